The second-order valence-corrected chi connectivity index (χ2v) is 12.0. The fourth-order valence-electron chi connectivity index (χ4n) is 4.35. The van der Waals surface area contributed by atoms with E-state index in [1.807, 2.05) is 45.7 Å². The lowest BCUT2D eigenvalue weighted by molar-refractivity contribution is 0.000843. The molecule has 0 radical (unpaired) electrons. The van der Waals surface area contributed by atoms with Crippen LogP contribution in [-0.2, 0) is 14.8 Å². The Bertz CT molecular complexity index is 1180. The summed E-state index contributed by atoms with van der Waals surface area (Å²) in [5.74, 6) is -0.279. The Kier molecular flexibility index (Phi) is 8.32. The molecule has 2 atom stereocenters. The highest BCUT2D eigenvalue weighted by Gasteiger charge is 2.32. The molecule has 0 bridgehead atoms. The number of hydrogen-bond donors (Lipinski definition) is 1. The van der Waals surface area contributed by atoms with Crippen LogP contribution in [0, 0.1) is 12.7 Å². The smallest absolute Gasteiger partial charge is 0.410 e. The van der Waals surface area contributed by atoms with Crippen LogP contribution in [-0.4, -0.2) is 69.2 Å². The second kappa shape index (κ2) is 10.7. The van der Waals surface area contributed by atoms with E-state index >= 15 is 0 Å². The maximum Gasteiger partial charge on any atom is 0.410 e. The van der Waals surface area contributed by atoms with Gasteiger partial charge in [0.2, 0.25) is 10.0 Å². The molecule has 1 fully saturated rings. The Labute approximate surface area is 213 Å². The van der Waals surface area contributed by atoms with Crippen LogP contribution in [0.4, 0.5) is 14.9 Å². The molecular weight excluding hydrogens is 483 g/mol. The van der Waals surface area contributed by atoms with Gasteiger partial charge in [-0.3, -0.25) is 4.90 Å². The van der Waals surface area contributed by atoms with E-state index in [1.54, 1.807) is 36.1 Å². The Hall–Kier alpha value is -2.69. The number of likely N-dealkylation sites (N-methyl/N-ethyl adjacent to an activating group) is 1. The van der Waals surface area contributed by atoms with Crippen molar-refractivity contribution in [2.45, 2.75) is 57.2 Å². The van der Waals surface area contributed by atoms with Gasteiger partial charge in [-0.05, 0) is 76.1 Å². The van der Waals surface area contributed by atoms with Gasteiger partial charge in [0.15, 0.2) is 0 Å². The third kappa shape index (κ3) is 6.96. The molecule has 0 aromatic heterocycles. The van der Waals surface area contributed by atoms with Gasteiger partial charge in [0, 0.05) is 45.0 Å². The van der Waals surface area contributed by atoms with E-state index in [4.69, 9.17) is 9.88 Å². The first-order chi connectivity index (χ1) is 16.7. The number of nitrogens with two attached hydrogens (primary N) is 1. The van der Waals surface area contributed by atoms with Crippen molar-refractivity contribution in [3.05, 3.63) is 59.4 Å². The molecule has 0 spiro atoms. The van der Waals surface area contributed by atoms with Crippen LogP contribution in [0.1, 0.15) is 44.9 Å². The molecule has 1 amide bonds. The van der Waals surface area contributed by atoms with Crippen molar-refractivity contribution in [1.82, 2.24) is 9.80 Å². The van der Waals surface area contributed by atoms with Gasteiger partial charge in [0.25, 0.3) is 0 Å². The van der Waals surface area contributed by atoms with Gasteiger partial charge < -0.3 is 14.5 Å². The lowest BCUT2D eigenvalue weighted by Gasteiger charge is -2.42. The van der Waals surface area contributed by atoms with Gasteiger partial charge in [0.05, 0.1) is 10.9 Å². The maximum atomic E-state index is 14.5. The zero-order valence-electron chi connectivity index (χ0n) is 21.9. The zero-order valence-corrected chi connectivity index (χ0v) is 22.7. The number of piperazine rings is 1. The van der Waals surface area contributed by atoms with Crippen LogP contribution in [0.25, 0.3) is 0 Å². The number of amides is 1. The molecule has 1 heterocycles. The predicted molar refractivity (Wildman–Crippen MR) is 139 cm³/mol. The highest BCUT2D eigenvalue weighted by atomic mass is 32.2. The third-order valence-corrected chi connectivity index (χ3v) is 7.32. The summed E-state index contributed by atoms with van der Waals surface area (Å²) in [5.41, 5.74) is 1.58. The fourth-order valence-corrected chi connectivity index (χ4v) is 4.87. The highest BCUT2D eigenvalue weighted by Crippen LogP contribution is 2.29. The number of anilines is 1. The maximum absolute atomic E-state index is 14.5. The molecule has 8 nitrogen and oxygen atoms in total. The first-order valence-corrected chi connectivity index (χ1v) is 13.5. The first-order valence-electron chi connectivity index (χ1n) is 12.0. The van der Waals surface area contributed by atoms with E-state index in [9.17, 15) is 17.6 Å². The van der Waals surface area contributed by atoms with E-state index in [0.717, 1.165) is 11.3 Å². The molecule has 0 saturated carbocycles. The monoisotopic (exact) mass is 520 g/mol. The van der Waals surface area contributed by atoms with Gasteiger partial charge in [-0.25, -0.2) is 22.7 Å². The normalized spacial score (nSPS) is 18.1. The molecule has 1 saturated heterocycles. The van der Waals surface area contributed by atoms with Gasteiger partial charge in [0.1, 0.15) is 11.4 Å². The number of sulfonamides is 1. The average Bonchev–Trinajstić information content (AvgIpc) is 2.77. The Balaban J connectivity index is 1.82. The van der Waals surface area contributed by atoms with E-state index in [0.29, 0.717) is 31.7 Å². The first kappa shape index (κ1) is 27.9. The number of rotatable bonds is 6. The standard InChI is InChI=1S/C26H37FN4O4S/c1-18-7-8-20(15-23(18)27)24(29(6)21-9-11-22(12-10-21)36(28,33)34)17-30-13-14-31(19(2)16-30)25(32)35-26(3,4)5/h7-12,15,19,24H,13-14,16-17H2,1-6H3,(H2,28,33,34)/t19-,24?/m1/s1. The lowest BCUT2D eigenvalue weighted by Crippen LogP contribution is -2.56. The summed E-state index contributed by atoms with van der Waals surface area (Å²) in [5, 5.41) is 5.24. The molecule has 2 aromatic carbocycles. The van der Waals surface area contributed by atoms with Crippen LogP contribution in [0.15, 0.2) is 47.4 Å². The van der Waals surface area contributed by atoms with E-state index < -0.39 is 15.6 Å². The minimum atomic E-state index is -3.80. The average molecular weight is 521 g/mol. The molecule has 2 N–H and O–H groups in total. The molecule has 10 heteroatoms. The summed E-state index contributed by atoms with van der Waals surface area (Å²) in [6, 6.07) is 11.3. The molecule has 1 aliphatic heterocycles. The molecule has 36 heavy (non-hydrogen) atoms. The molecule has 1 aliphatic rings. The summed E-state index contributed by atoms with van der Waals surface area (Å²) in [6.07, 6.45) is -0.320. The van der Waals surface area contributed by atoms with Crippen LogP contribution in [0.2, 0.25) is 0 Å². The number of benzene rings is 2. The number of halogens is 1. The van der Waals surface area contributed by atoms with Crippen molar-refractivity contribution in [2.75, 3.05) is 38.1 Å². The minimum Gasteiger partial charge on any atom is -0.444 e. The van der Waals surface area contributed by atoms with Crippen molar-refractivity contribution in [3.8, 4) is 0 Å². The predicted octanol–water partition coefficient (Wildman–Crippen LogP) is 3.90. The SMILES string of the molecule is Cc1ccc(C(CN2CCN(C(=O)OC(C)(C)C)[C@H](C)C2)N(C)c2ccc(S(N)(=O)=O)cc2)cc1F. The topological polar surface area (TPSA) is 96.2 Å². The minimum absolute atomic E-state index is 0.0321. The number of primary sulfonamides is 1. The third-order valence-electron chi connectivity index (χ3n) is 6.39. The van der Waals surface area contributed by atoms with Gasteiger partial charge in [-0.2, -0.15) is 0 Å². The van der Waals surface area contributed by atoms with Crippen molar-refractivity contribution in [3.63, 3.8) is 0 Å². The Morgan fingerprint density at radius 3 is 2.36 bits per heavy atom. The van der Waals surface area contributed by atoms with Crippen LogP contribution >= 0.6 is 0 Å². The van der Waals surface area contributed by atoms with E-state index in [-0.39, 0.29) is 28.9 Å². The number of aryl methyl sites for hydroxylation is 1. The van der Waals surface area contributed by atoms with E-state index in [2.05, 4.69) is 4.90 Å². The summed E-state index contributed by atoms with van der Waals surface area (Å²) in [6.45, 7) is 11.7. The van der Waals surface area contributed by atoms with Gasteiger partial charge >= 0.3 is 6.09 Å². The number of carbonyl (C=O) groups is 1. The van der Waals surface area contributed by atoms with Crippen molar-refractivity contribution < 1.29 is 22.3 Å². The largest absolute Gasteiger partial charge is 0.444 e. The molecule has 0 aliphatic carbocycles. The molecule has 198 valence electrons. The number of hydrogen-bond acceptors (Lipinski definition) is 6. The number of nitrogens with zero attached hydrogens (tertiary/aromatic N) is 3. The second-order valence-electron chi connectivity index (χ2n) is 10.5. The summed E-state index contributed by atoms with van der Waals surface area (Å²) in [7, 11) is -1.90. The molecular formula is C26H37FN4O4S. The highest BCUT2D eigenvalue weighted by molar-refractivity contribution is 7.89. The molecule has 2 aromatic rings. The summed E-state index contributed by atoms with van der Waals surface area (Å²) >= 11 is 0. The quantitative estimate of drug-likeness (QED) is 0.621. The molecule has 1 unspecified atom stereocenters. The van der Waals surface area contributed by atoms with Crippen LogP contribution in [0.3, 0.4) is 0 Å². The summed E-state index contributed by atoms with van der Waals surface area (Å²) in [4.78, 5) is 18.7. The van der Waals surface area contributed by atoms with Gasteiger partial charge in [-0.1, -0.05) is 12.1 Å². The Morgan fingerprint density at radius 1 is 1.19 bits per heavy atom. The zero-order chi connectivity index (χ0) is 26.8. The van der Waals surface area contributed by atoms with Crippen molar-refractivity contribution >= 4 is 21.8 Å². The van der Waals surface area contributed by atoms with Crippen LogP contribution in [0.5, 0.6) is 0 Å². The number of ether oxygens (including phenoxy) is 1. The van der Waals surface area contributed by atoms with Gasteiger partial charge in [-0.15, -0.1) is 0 Å². The lowest BCUT2D eigenvalue weighted by atomic mass is 10.0. The Morgan fingerprint density at radius 2 is 1.83 bits per heavy atom. The summed E-state index contributed by atoms with van der Waals surface area (Å²) < 4.78 is 43.4. The van der Waals surface area contributed by atoms with Crippen LogP contribution < -0.4 is 10.0 Å². The fraction of sp³-hybridized carbons (Fsp3) is 0.500. The number of carbonyl (C=O) groups excluding carboxylic acids is 1. The van der Waals surface area contributed by atoms with E-state index in [1.165, 1.54) is 12.1 Å². The van der Waals surface area contributed by atoms with Crippen molar-refractivity contribution in [2.24, 2.45) is 5.14 Å². The molecule has 3 rings (SSSR count). The van der Waals surface area contributed by atoms with Crippen molar-refractivity contribution in [1.29, 1.82) is 0 Å².